The van der Waals surface area contributed by atoms with Gasteiger partial charge in [-0.15, -0.1) is 0 Å². The lowest BCUT2D eigenvalue weighted by atomic mass is 10.3. The predicted octanol–water partition coefficient (Wildman–Crippen LogP) is 3.69. The van der Waals surface area contributed by atoms with Crippen LogP contribution in [-0.4, -0.2) is 21.1 Å². The van der Waals surface area contributed by atoms with Gasteiger partial charge in [-0.05, 0) is 50.3 Å². The van der Waals surface area contributed by atoms with Gasteiger partial charge in [0, 0.05) is 7.05 Å². The van der Waals surface area contributed by atoms with Crippen LogP contribution >= 0.6 is 12.2 Å². The second-order valence-electron chi connectivity index (χ2n) is 5.94. The second kappa shape index (κ2) is 8.09. The van der Waals surface area contributed by atoms with Gasteiger partial charge in [-0.25, -0.2) is 4.68 Å². The summed E-state index contributed by atoms with van der Waals surface area (Å²) in [4.78, 5) is 12.9. The lowest BCUT2D eigenvalue weighted by Crippen LogP contribution is -2.25. The summed E-state index contributed by atoms with van der Waals surface area (Å²) >= 11 is 5.42. The van der Waals surface area contributed by atoms with Crippen molar-refractivity contribution in [3.05, 3.63) is 70.6 Å². The number of ether oxygens (including phenoxy) is 1. The number of benzene rings is 2. The number of hydrogen-bond donors (Lipinski definition) is 2. The third kappa shape index (κ3) is 3.88. The summed E-state index contributed by atoms with van der Waals surface area (Å²) in [7, 11) is 1.84. The first-order chi connectivity index (χ1) is 13.0. The van der Waals surface area contributed by atoms with Crippen molar-refractivity contribution in [3.8, 4) is 11.4 Å². The average Bonchev–Trinajstić information content (AvgIpc) is 2.87. The van der Waals surface area contributed by atoms with E-state index in [0.29, 0.717) is 23.2 Å². The Morgan fingerprint density at radius 2 is 1.74 bits per heavy atom. The van der Waals surface area contributed by atoms with Crippen molar-refractivity contribution >= 4 is 28.7 Å². The van der Waals surface area contributed by atoms with E-state index in [4.69, 9.17) is 17.0 Å². The van der Waals surface area contributed by atoms with Gasteiger partial charge < -0.3 is 15.4 Å². The molecule has 1 heterocycles. The third-order valence-electron chi connectivity index (χ3n) is 4.23. The van der Waals surface area contributed by atoms with Crippen molar-refractivity contribution in [1.29, 1.82) is 0 Å². The molecule has 2 aromatic carbocycles. The molecule has 0 saturated heterocycles. The first-order valence-electron chi connectivity index (χ1n) is 8.66. The van der Waals surface area contributed by atoms with Crippen LogP contribution in [0.15, 0.2) is 59.4 Å². The average molecular weight is 382 g/mol. The van der Waals surface area contributed by atoms with E-state index in [2.05, 4.69) is 10.6 Å². The fourth-order valence-corrected chi connectivity index (χ4v) is 3.04. The van der Waals surface area contributed by atoms with E-state index in [-0.39, 0.29) is 5.56 Å². The Hall–Kier alpha value is -3.06. The lowest BCUT2D eigenvalue weighted by Gasteiger charge is -2.13. The molecule has 0 atom stereocenters. The minimum absolute atomic E-state index is 0.163. The molecule has 0 saturated carbocycles. The van der Waals surface area contributed by atoms with Crippen LogP contribution in [0.4, 0.5) is 11.4 Å². The highest BCUT2D eigenvalue weighted by Crippen LogP contribution is 2.24. The molecule has 0 aliphatic carbocycles. The number of para-hydroxylation sites is 3. The summed E-state index contributed by atoms with van der Waals surface area (Å²) < 4.78 is 9.00. The number of hydrogen-bond acceptors (Lipinski definition) is 3. The topological polar surface area (TPSA) is 60.2 Å². The highest BCUT2D eigenvalue weighted by molar-refractivity contribution is 7.80. The van der Waals surface area contributed by atoms with Crippen molar-refractivity contribution in [2.45, 2.75) is 13.8 Å². The minimum Gasteiger partial charge on any atom is -0.492 e. The van der Waals surface area contributed by atoms with Gasteiger partial charge in [-0.3, -0.25) is 9.48 Å². The molecule has 0 bridgehead atoms. The predicted molar refractivity (Wildman–Crippen MR) is 113 cm³/mol. The van der Waals surface area contributed by atoms with Crippen LogP contribution < -0.4 is 20.9 Å². The zero-order valence-corrected chi connectivity index (χ0v) is 16.3. The van der Waals surface area contributed by atoms with Gasteiger partial charge in [0.15, 0.2) is 5.11 Å². The summed E-state index contributed by atoms with van der Waals surface area (Å²) in [5, 5.41) is 6.47. The van der Waals surface area contributed by atoms with Crippen LogP contribution in [-0.2, 0) is 7.05 Å². The van der Waals surface area contributed by atoms with Crippen LogP contribution in [0, 0.1) is 6.92 Å². The highest BCUT2D eigenvalue weighted by Gasteiger charge is 2.17. The quantitative estimate of drug-likeness (QED) is 0.659. The second-order valence-corrected chi connectivity index (χ2v) is 6.35. The van der Waals surface area contributed by atoms with Crippen LogP contribution in [0.3, 0.4) is 0 Å². The lowest BCUT2D eigenvalue weighted by molar-refractivity contribution is 0.342. The van der Waals surface area contributed by atoms with Gasteiger partial charge in [0.25, 0.3) is 5.56 Å². The molecule has 0 spiro atoms. The molecular weight excluding hydrogens is 360 g/mol. The maximum absolute atomic E-state index is 12.9. The van der Waals surface area contributed by atoms with E-state index in [0.717, 1.165) is 17.1 Å². The molecule has 0 aliphatic rings. The van der Waals surface area contributed by atoms with Crippen LogP contribution in [0.5, 0.6) is 5.75 Å². The smallest absolute Gasteiger partial charge is 0.295 e. The number of rotatable bonds is 5. The Balaban J connectivity index is 1.87. The van der Waals surface area contributed by atoms with Crippen LogP contribution in [0.1, 0.15) is 12.6 Å². The molecule has 0 radical (unpaired) electrons. The van der Waals surface area contributed by atoms with E-state index in [9.17, 15) is 4.79 Å². The van der Waals surface area contributed by atoms with Gasteiger partial charge in [-0.2, -0.15) is 0 Å². The van der Waals surface area contributed by atoms with Gasteiger partial charge in [-0.1, -0.05) is 30.3 Å². The monoisotopic (exact) mass is 382 g/mol. The Morgan fingerprint density at radius 1 is 1.07 bits per heavy atom. The summed E-state index contributed by atoms with van der Waals surface area (Å²) in [6.07, 6.45) is 0. The number of anilines is 2. The Kier molecular flexibility index (Phi) is 5.61. The summed E-state index contributed by atoms with van der Waals surface area (Å²) in [5.41, 5.74) is 2.60. The maximum Gasteiger partial charge on any atom is 0.295 e. The Bertz CT molecular complexity index is 1010. The molecule has 7 heteroatoms. The Morgan fingerprint density at radius 3 is 2.44 bits per heavy atom. The number of nitrogens with one attached hydrogen (secondary N) is 2. The first kappa shape index (κ1) is 18.7. The maximum atomic E-state index is 12.9. The van der Waals surface area contributed by atoms with E-state index in [1.54, 1.807) is 9.36 Å². The molecule has 0 fully saturated rings. The molecule has 0 unspecified atom stereocenters. The molecule has 2 N–H and O–H groups in total. The fourth-order valence-electron chi connectivity index (χ4n) is 2.83. The zero-order valence-electron chi connectivity index (χ0n) is 15.5. The van der Waals surface area contributed by atoms with Crippen molar-refractivity contribution in [2.75, 3.05) is 17.2 Å². The molecule has 1 aromatic heterocycles. The van der Waals surface area contributed by atoms with E-state index >= 15 is 0 Å². The Labute approximate surface area is 163 Å². The number of thiocarbonyl (C=S) groups is 1. The van der Waals surface area contributed by atoms with E-state index < -0.39 is 0 Å². The number of nitrogens with zero attached hydrogens (tertiary/aromatic N) is 2. The SMILES string of the molecule is CCOc1ccccc1NC(=S)Nc1c(C)n(C)n(-c2ccccc2)c1=O. The largest absolute Gasteiger partial charge is 0.492 e. The molecule has 3 rings (SSSR count). The fraction of sp³-hybridized carbons (Fsp3) is 0.200. The van der Waals surface area contributed by atoms with Gasteiger partial charge in [0.1, 0.15) is 11.4 Å². The molecule has 0 amide bonds. The van der Waals surface area contributed by atoms with Gasteiger partial charge in [0.2, 0.25) is 0 Å². The number of aromatic nitrogens is 2. The summed E-state index contributed by atoms with van der Waals surface area (Å²) in [6.45, 7) is 4.35. The third-order valence-corrected chi connectivity index (χ3v) is 4.43. The zero-order chi connectivity index (χ0) is 19.4. The standard InChI is InChI=1S/C20H22N4O2S/c1-4-26-17-13-9-8-12-16(17)21-20(27)22-18-14(2)23(3)24(19(18)25)15-10-6-5-7-11-15/h5-13H,4H2,1-3H3,(H2,21,22,27). The van der Waals surface area contributed by atoms with Crippen molar-refractivity contribution in [3.63, 3.8) is 0 Å². The van der Waals surface area contributed by atoms with E-state index in [1.165, 1.54) is 0 Å². The summed E-state index contributed by atoms with van der Waals surface area (Å²) in [5.74, 6) is 0.704. The molecule has 6 nitrogen and oxygen atoms in total. The van der Waals surface area contributed by atoms with Crippen molar-refractivity contribution in [1.82, 2.24) is 9.36 Å². The molecule has 140 valence electrons. The van der Waals surface area contributed by atoms with Crippen molar-refractivity contribution in [2.24, 2.45) is 7.05 Å². The highest BCUT2D eigenvalue weighted by atomic mass is 32.1. The van der Waals surface area contributed by atoms with Gasteiger partial charge >= 0.3 is 0 Å². The molecule has 27 heavy (non-hydrogen) atoms. The van der Waals surface area contributed by atoms with E-state index in [1.807, 2.05) is 75.5 Å². The van der Waals surface area contributed by atoms with Crippen molar-refractivity contribution < 1.29 is 4.74 Å². The molecule has 0 aliphatic heterocycles. The van der Waals surface area contributed by atoms with Crippen LogP contribution in [0.25, 0.3) is 5.69 Å². The minimum atomic E-state index is -0.163. The first-order valence-corrected chi connectivity index (χ1v) is 9.07. The van der Waals surface area contributed by atoms with Crippen LogP contribution in [0.2, 0.25) is 0 Å². The normalized spacial score (nSPS) is 10.5. The van der Waals surface area contributed by atoms with Gasteiger partial charge in [0.05, 0.1) is 23.7 Å². The molecule has 3 aromatic rings. The molecular formula is C20H22N4O2S. The summed E-state index contributed by atoms with van der Waals surface area (Å²) in [6, 6.07) is 17.0.